The van der Waals surface area contributed by atoms with Crippen LogP contribution in [0.4, 0.5) is 34.1 Å². The summed E-state index contributed by atoms with van der Waals surface area (Å²) in [5, 5.41) is 67.9. The largest absolute Gasteiger partial charge is 0.493 e. The number of nitrogens with zero attached hydrogens (tertiary/aromatic N) is 5. The number of carbonyl (C=O) groups is 1. The third-order valence-electron chi connectivity index (χ3n) is 12.2. The maximum atomic E-state index is 11.9. The Bertz CT molecular complexity index is 3370. The molecule has 0 aromatic heterocycles. The highest BCUT2D eigenvalue weighted by atomic mass is 32.2. The number of aliphatic imine (C=N–C) groups is 5. The highest BCUT2D eigenvalue weighted by Crippen LogP contribution is 2.45. The minimum atomic E-state index is -1.14. The van der Waals surface area contributed by atoms with E-state index < -0.39 is 22.7 Å². The summed E-state index contributed by atoms with van der Waals surface area (Å²) in [6.07, 6.45) is 0. The van der Waals surface area contributed by atoms with E-state index in [-0.39, 0.29) is 51.3 Å². The van der Waals surface area contributed by atoms with Gasteiger partial charge in [-0.25, -0.2) is 29.8 Å². The number of quaternary nitrogens is 3. The van der Waals surface area contributed by atoms with Crippen LogP contribution in [0.5, 0.6) is 0 Å². The number of benzene rings is 6. The average molecular weight is 1130 g/mol. The molecule has 16 nitrogen and oxygen atoms in total. The lowest BCUT2D eigenvalue weighted by Crippen LogP contribution is -2.51. The fourth-order valence-electron chi connectivity index (χ4n) is 7.80. The van der Waals surface area contributed by atoms with Gasteiger partial charge in [0.05, 0.1) is 68.3 Å². The van der Waals surface area contributed by atoms with E-state index in [2.05, 4.69) is 48.0 Å². The summed E-state index contributed by atoms with van der Waals surface area (Å²) in [5.74, 6) is -1.02. The lowest BCUT2D eigenvalue weighted by Gasteiger charge is -2.22. The second-order valence-electron chi connectivity index (χ2n) is 21.7. The molecule has 6 aromatic carbocycles. The Labute approximate surface area is 475 Å². The van der Waals surface area contributed by atoms with E-state index in [0.29, 0.717) is 91.9 Å². The van der Waals surface area contributed by atoms with Gasteiger partial charge in [-0.1, -0.05) is 80.5 Å². The molecule has 0 bridgehead atoms. The number of aromatic carboxylic acids is 1. The van der Waals surface area contributed by atoms with Crippen molar-refractivity contribution < 1.29 is 52.6 Å². The van der Waals surface area contributed by atoms with Crippen LogP contribution in [0, 0.1) is 0 Å². The quantitative estimate of drug-likeness (QED) is 0.0148. The monoisotopic (exact) mass is 1130 g/mol. The minimum Gasteiger partial charge on any atom is -0.493 e. The van der Waals surface area contributed by atoms with Gasteiger partial charge in [0, 0.05) is 50.8 Å². The second kappa shape index (κ2) is 26.2. The van der Waals surface area contributed by atoms with Gasteiger partial charge in [0.1, 0.15) is 0 Å². The van der Waals surface area contributed by atoms with E-state index >= 15 is 0 Å². The second-order valence-corrected chi connectivity index (χ2v) is 25.0. The molecule has 6 aromatic rings. The molecule has 0 aliphatic heterocycles. The van der Waals surface area contributed by atoms with Crippen LogP contribution in [0.15, 0.2) is 149 Å². The molecule has 6 rings (SSSR count). The fourth-order valence-corrected chi connectivity index (χ4v) is 10.3. The SMILES string of the molecule is CC(C)(C)c1cc(N)c(SCC[NH3+])c(N=C(O)c2cccc(C(O)=Nc3cc(C(C)(C)C)cc(N=C(O)c4cccc(C(O)=Nc5cc(C(C)(C)C)cc(N=C(O)c6cccc(C(=O)O)c6)c5SCC[NH3+])c4)c3SCC[NH3+])c2)c1. The molecule has 0 heterocycles. The lowest BCUT2D eigenvalue weighted by atomic mass is 9.86. The minimum absolute atomic E-state index is 0.00676. The van der Waals surface area contributed by atoms with E-state index in [1.54, 1.807) is 54.6 Å². The predicted octanol–water partition coefficient (Wildman–Crippen LogP) is 11.0. The molecule has 19 heteroatoms. The van der Waals surface area contributed by atoms with Crippen LogP contribution in [0.25, 0.3) is 0 Å². The van der Waals surface area contributed by atoms with Crippen molar-refractivity contribution in [1.82, 2.24) is 0 Å². The van der Waals surface area contributed by atoms with Crippen molar-refractivity contribution in [2.45, 2.75) is 93.2 Å². The van der Waals surface area contributed by atoms with Gasteiger partial charge in [-0.05, 0) is 124 Å². The summed E-state index contributed by atoms with van der Waals surface area (Å²) in [5.41, 5.74) is 24.1. The van der Waals surface area contributed by atoms with Gasteiger partial charge < -0.3 is 53.6 Å². The Balaban J connectivity index is 1.42. The molecule has 0 aliphatic rings. The third kappa shape index (κ3) is 16.0. The number of rotatable bonds is 20. The molecule has 0 saturated heterocycles. The van der Waals surface area contributed by atoms with Crippen molar-refractivity contribution >= 4 is 105 Å². The maximum absolute atomic E-state index is 11.9. The number of hydrogen-bond donors (Lipinski definition) is 10. The van der Waals surface area contributed by atoms with E-state index in [1.165, 1.54) is 53.5 Å². The van der Waals surface area contributed by atoms with Crippen LogP contribution in [0.1, 0.15) is 117 Å². The van der Waals surface area contributed by atoms with Crippen molar-refractivity contribution in [1.29, 1.82) is 0 Å². The van der Waals surface area contributed by atoms with Crippen LogP contribution in [-0.2, 0) is 16.2 Å². The standard InChI is InChI=1S/C60H71N9O7S3/c1-58(2,3)40-28-43(64)49(77-22-19-61)44(29-40)65-52(70)34-13-10-14-35(25-34)53(71)66-45-30-41(59(4,5)6)31-46(50(45)78-23-20-62)67-54(72)36-15-11-16-37(26-36)55(73)68-47-32-42(60(7,8)9)33-48(51(47)79-24-21-63)69-56(74)38-17-12-18-39(27-38)57(75)76/h10-18,25-33H,19-24,61-64H2,1-9H3,(H,65,70)(H,66,71)(H,67,72)(H,68,73)(H,69,74)(H,75,76)/p+3. The molecule has 0 aliphatic carbocycles. The molecule has 0 atom stereocenters. The van der Waals surface area contributed by atoms with E-state index in [1.807, 2.05) is 77.9 Å². The van der Waals surface area contributed by atoms with Gasteiger partial charge in [0.25, 0.3) is 0 Å². The molecule has 17 N–H and O–H groups in total. The van der Waals surface area contributed by atoms with Crippen LogP contribution >= 0.6 is 35.3 Å². The molecule has 79 heavy (non-hydrogen) atoms. The van der Waals surface area contributed by atoms with Gasteiger partial charge in [-0.2, -0.15) is 0 Å². The Hall–Kier alpha value is -7.13. The summed E-state index contributed by atoms with van der Waals surface area (Å²) in [4.78, 5) is 37.2. The molecule has 0 amide bonds. The van der Waals surface area contributed by atoms with Crippen LogP contribution in [-0.4, -0.2) is 103 Å². The number of nitrogen functional groups attached to an aromatic ring is 1. The molecule has 0 unspecified atom stereocenters. The first-order valence-corrected chi connectivity index (χ1v) is 28.7. The Kier molecular flexibility index (Phi) is 20.3. The summed E-state index contributed by atoms with van der Waals surface area (Å²) < 4.78 is 0. The first-order valence-electron chi connectivity index (χ1n) is 25.7. The Morgan fingerprint density at radius 1 is 0.405 bits per heavy atom. The van der Waals surface area contributed by atoms with Gasteiger partial charge in [0.15, 0.2) is 0 Å². The number of carboxylic acid groups (broad SMARTS) is 1. The van der Waals surface area contributed by atoms with Gasteiger partial charge in [0.2, 0.25) is 29.5 Å². The number of aliphatic hydroxyl groups is 5. The number of aliphatic hydroxyl groups excluding tert-OH is 5. The number of hydrogen-bond acceptors (Lipinski definition) is 10. The number of carboxylic acids is 1. The summed E-state index contributed by atoms with van der Waals surface area (Å²) in [6.45, 7) is 20.2. The van der Waals surface area contributed by atoms with Crippen molar-refractivity contribution in [3.8, 4) is 0 Å². The average Bonchev–Trinajstić information content (AvgIpc) is 3.49. The Morgan fingerprint density at radius 2 is 0.646 bits per heavy atom. The van der Waals surface area contributed by atoms with Gasteiger partial charge in [-0.15, -0.1) is 35.3 Å². The molecule has 0 spiro atoms. The number of anilines is 1. The van der Waals surface area contributed by atoms with E-state index in [4.69, 9.17) is 20.7 Å². The predicted molar refractivity (Wildman–Crippen MR) is 326 cm³/mol. The molecule has 0 saturated carbocycles. The fraction of sp³-hybridized carbons (Fsp3) is 0.300. The first-order chi connectivity index (χ1) is 37.2. The molecule has 416 valence electrons. The van der Waals surface area contributed by atoms with Crippen molar-refractivity contribution in [3.05, 3.63) is 159 Å². The number of nitrogens with two attached hydrogens (primary N) is 1. The summed E-state index contributed by atoms with van der Waals surface area (Å²) in [7, 11) is 0. The first kappa shape index (κ1) is 61.1. The van der Waals surface area contributed by atoms with Crippen molar-refractivity contribution in [3.63, 3.8) is 0 Å². The summed E-state index contributed by atoms with van der Waals surface area (Å²) >= 11 is 4.35. The van der Waals surface area contributed by atoms with Gasteiger partial charge >= 0.3 is 5.97 Å². The third-order valence-corrected chi connectivity index (χ3v) is 15.9. The van der Waals surface area contributed by atoms with Crippen LogP contribution in [0.3, 0.4) is 0 Å². The molecule has 0 radical (unpaired) electrons. The van der Waals surface area contributed by atoms with Crippen molar-refractivity contribution in [2.24, 2.45) is 25.0 Å². The maximum Gasteiger partial charge on any atom is 0.335 e. The van der Waals surface area contributed by atoms with Gasteiger partial charge in [-0.3, -0.25) is 0 Å². The topological polar surface area (TPSA) is 309 Å². The zero-order valence-corrected chi connectivity index (χ0v) is 48.8. The zero-order valence-electron chi connectivity index (χ0n) is 46.4. The highest BCUT2D eigenvalue weighted by Gasteiger charge is 2.25. The number of thioether (sulfide) groups is 3. The highest BCUT2D eigenvalue weighted by molar-refractivity contribution is 8.00. The summed E-state index contributed by atoms with van der Waals surface area (Å²) in [6, 6.07) is 30.5. The smallest absolute Gasteiger partial charge is 0.335 e. The van der Waals surface area contributed by atoms with E-state index in [0.717, 1.165) is 21.6 Å². The lowest BCUT2D eigenvalue weighted by molar-refractivity contribution is -0.360. The molecular formula is C60H74N9O7S3+3. The normalized spacial score (nSPS) is 13.3. The molecule has 0 fully saturated rings. The van der Waals surface area contributed by atoms with Crippen LogP contribution in [0.2, 0.25) is 0 Å². The van der Waals surface area contributed by atoms with Crippen molar-refractivity contribution in [2.75, 3.05) is 42.6 Å². The molecular weight excluding hydrogens is 1050 g/mol. The van der Waals surface area contributed by atoms with E-state index in [9.17, 15) is 35.4 Å². The Morgan fingerprint density at radius 3 is 0.911 bits per heavy atom. The zero-order chi connectivity index (χ0) is 58.0. The van der Waals surface area contributed by atoms with Crippen LogP contribution < -0.4 is 22.9 Å².